The molecule has 4 nitrogen and oxygen atoms in total. The van der Waals surface area contributed by atoms with Crippen molar-refractivity contribution < 1.29 is 14.0 Å². The van der Waals surface area contributed by atoms with Crippen LogP contribution < -0.4 is 9.80 Å². The third-order valence-electron chi connectivity index (χ3n) is 5.79. The van der Waals surface area contributed by atoms with Crippen LogP contribution in [0, 0.1) is 5.82 Å². The van der Waals surface area contributed by atoms with Gasteiger partial charge in [0.25, 0.3) is 5.91 Å². The molecule has 4 rings (SSSR count). The van der Waals surface area contributed by atoms with Crippen molar-refractivity contribution >= 4 is 23.2 Å². The Morgan fingerprint density at radius 1 is 0.968 bits per heavy atom. The quantitative estimate of drug-likeness (QED) is 0.543. The van der Waals surface area contributed by atoms with Gasteiger partial charge in [-0.15, -0.1) is 0 Å². The second-order valence-corrected chi connectivity index (χ2v) is 7.77. The molecule has 0 fully saturated rings. The van der Waals surface area contributed by atoms with Gasteiger partial charge >= 0.3 is 0 Å². The molecule has 0 aromatic heterocycles. The van der Waals surface area contributed by atoms with E-state index in [1.807, 2.05) is 44.2 Å². The minimum Gasteiger partial charge on any atom is -0.309 e. The lowest BCUT2D eigenvalue weighted by molar-refractivity contribution is -0.118. The number of carbonyl (C=O) groups is 2. The largest absolute Gasteiger partial charge is 0.309 e. The van der Waals surface area contributed by atoms with E-state index in [1.165, 1.54) is 6.07 Å². The van der Waals surface area contributed by atoms with Crippen LogP contribution in [-0.2, 0) is 4.79 Å². The number of anilines is 2. The van der Waals surface area contributed by atoms with Gasteiger partial charge in [0.15, 0.2) is 0 Å². The molecule has 1 aliphatic heterocycles. The maximum Gasteiger partial charge on any atom is 0.258 e. The molecule has 1 heterocycles. The van der Waals surface area contributed by atoms with Crippen molar-refractivity contribution in [2.45, 2.75) is 38.8 Å². The Labute approximate surface area is 181 Å². The number of amides is 2. The van der Waals surface area contributed by atoms with E-state index in [4.69, 9.17) is 0 Å². The SMILES string of the molecule is CCC(=O)N1c2ccccc2[C@@H](N(C(=O)c2ccccc2)c2ccccc2F)C[C@@H]1C. The summed E-state index contributed by atoms with van der Waals surface area (Å²) in [5.74, 6) is -0.692. The van der Waals surface area contributed by atoms with Crippen LogP contribution in [0.4, 0.5) is 15.8 Å². The topological polar surface area (TPSA) is 40.6 Å². The first-order chi connectivity index (χ1) is 15.0. The lowest BCUT2D eigenvalue weighted by Crippen LogP contribution is -2.47. The van der Waals surface area contributed by atoms with Gasteiger partial charge in [0.2, 0.25) is 5.91 Å². The van der Waals surface area contributed by atoms with Crippen molar-refractivity contribution in [3.63, 3.8) is 0 Å². The molecule has 0 spiro atoms. The number of rotatable bonds is 4. The van der Waals surface area contributed by atoms with Gasteiger partial charge in [0, 0.05) is 23.7 Å². The second-order valence-electron chi connectivity index (χ2n) is 7.77. The predicted octanol–water partition coefficient (Wildman–Crippen LogP) is 5.75. The second kappa shape index (κ2) is 8.72. The maximum absolute atomic E-state index is 14.9. The van der Waals surface area contributed by atoms with E-state index in [0.29, 0.717) is 18.4 Å². The molecule has 0 N–H and O–H groups in total. The Bertz CT molecular complexity index is 1100. The van der Waals surface area contributed by atoms with Crippen molar-refractivity contribution in [1.29, 1.82) is 0 Å². The zero-order valence-corrected chi connectivity index (χ0v) is 17.7. The summed E-state index contributed by atoms with van der Waals surface area (Å²) in [5.41, 5.74) is 2.34. The summed E-state index contributed by atoms with van der Waals surface area (Å²) in [6, 6.07) is 22.3. The highest BCUT2D eigenvalue weighted by atomic mass is 19.1. The molecule has 3 aromatic rings. The average Bonchev–Trinajstić information content (AvgIpc) is 2.80. The number of para-hydroxylation sites is 2. The Morgan fingerprint density at radius 3 is 2.32 bits per heavy atom. The molecule has 0 bridgehead atoms. The lowest BCUT2D eigenvalue weighted by Gasteiger charge is -2.43. The number of hydrogen-bond acceptors (Lipinski definition) is 2. The van der Waals surface area contributed by atoms with Crippen LogP contribution in [0.2, 0.25) is 0 Å². The lowest BCUT2D eigenvalue weighted by atomic mass is 9.89. The highest BCUT2D eigenvalue weighted by Gasteiger charge is 2.39. The van der Waals surface area contributed by atoms with Gasteiger partial charge in [-0.3, -0.25) is 14.5 Å². The fraction of sp³-hybridized carbons (Fsp3) is 0.231. The third-order valence-corrected chi connectivity index (χ3v) is 5.79. The number of fused-ring (bicyclic) bond motifs is 1. The zero-order valence-electron chi connectivity index (χ0n) is 17.7. The maximum atomic E-state index is 14.9. The molecule has 0 saturated heterocycles. The molecule has 0 aliphatic carbocycles. The molecular formula is C26H25FN2O2. The molecule has 0 unspecified atom stereocenters. The number of carbonyl (C=O) groups excluding carboxylic acids is 2. The van der Waals surface area contributed by atoms with Gasteiger partial charge in [-0.05, 0) is 49.2 Å². The summed E-state index contributed by atoms with van der Waals surface area (Å²) in [4.78, 5) is 29.7. The van der Waals surface area contributed by atoms with Crippen molar-refractivity contribution in [3.8, 4) is 0 Å². The van der Waals surface area contributed by atoms with E-state index in [1.54, 1.807) is 52.3 Å². The molecule has 1 aliphatic rings. The molecule has 0 radical (unpaired) electrons. The van der Waals surface area contributed by atoms with E-state index >= 15 is 0 Å². The first-order valence-corrected chi connectivity index (χ1v) is 10.6. The fourth-order valence-corrected chi connectivity index (χ4v) is 4.36. The Kier molecular flexibility index (Phi) is 5.85. The van der Waals surface area contributed by atoms with Crippen molar-refractivity contribution in [3.05, 3.63) is 95.8 Å². The van der Waals surface area contributed by atoms with Crippen molar-refractivity contribution in [2.24, 2.45) is 0 Å². The van der Waals surface area contributed by atoms with E-state index in [0.717, 1.165) is 11.3 Å². The molecular weight excluding hydrogens is 391 g/mol. The smallest absolute Gasteiger partial charge is 0.258 e. The standard InChI is InChI=1S/C26H25FN2O2/c1-3-25(30)28-18(2)17-24(20-13-7-9-15-22(20)28)29(23-16-10-8-14-21(23)27)26(31)19-11-5-4-6-12-19/h4-16,18,24H,3,17H2,1-2H3/t18-,24-/m0/s1. The first kappa shape index (κ1) is 20.8. The van der Waals surface area contributed by atoms with Crippen molar-refractivity contribution in [2.75, 3.05) is 9.80 Å². The predicted molar refractivity (Wildman–Crippen MR) is 121 cm³/mol. The molecule has 31 heavy (non-hydrogen) atoms. The van der Waals surface area contributed by atoms with Gasteiger partial charge in [-0.2, -0.15) is 0 Å². The summed E-state index contributed by atoms with van der Waals surface area (Å²) < 4.78 is 14.9. The molecule has 2 amide bonds. The first-order valence-electron chi connectivity index (χ1n) is 10.6. The fourth-order valence-electron chi connectivity index (χ4n) is 4.36. The highest BCUT2D eigenvalue weighted by Crippen LogP contribution is 2.43. The Morgan fingerprint density at radius 2 is 1.61 bits per heavy atom. The molecule has 5 heteroatoms. The number of halogens is 1. The van der Waals surface area contributed by atoms with E-state index in [9.17, 15) is 14.0 Å². The van der Waals surface area contributed by atoms with E-state index < -0.39 is 11.9 Å². The summed E-state index contributed by atoms with van der Waals surface area (Å²) in [6.07, 6.45) is 0.902. The summed E-state index contributed by atoms with van der Waals surface area (Å²) in [5, 5.41) is 0. The number of nitrogens with zero attached hydrogens (tertiary/aromatic N) is 2. The van der Waals surface area contributed by atoms with Crippen LogP contribution in [0.3, 0.4) is 0 Å². The molecule has 3 aromatic carbocycles. The molecule has 158 valence electrons. The molecule has 2 atom stereocenters. The van der Waals surface area contributed by atoms with Gasteiger partial charge in [0.1, 0.15) is 5.82 Å². The van der Waals surface area contributed by atoms with Crippen LogP contribution in [0.15, 0.2) is 78.9 Å². The van der Waals surface area contributed by atoms with E-state index in [2.05, 4.69) is 0 Å². The van der Waals surface area contributed by atoms with Crippen LogP contribution in [0.5, 0.6) is 0 Å². The van der Waals surface area contributed by atoms with Gasteiger partial charge in [-0.1, -0.05) is 55.5 Å². The number of benzene rings is 3. The van der Waals surface area contributed by atoms with Crippen LogP contribution >= 0.6 is 0 Å². The summed E-state index contributed by atoms with van der Waals surface area (Å²) in [6.45, 7) is 3.82. The average molecular weight is 416 g/mol. The third kappa shape index (κ3) is 3.83. The van der Waals surface area contributed by atoms with Crippen LogP contribution in [0.25, 0.3) is 0 Å². The summed E-state index contributed by atoms with van der Waals surface area (Å²) >= 11 is 0. The Balaban J connectivity index is 1.88. The van der Waals surface area contributed by atoms with Gasteiger partial charge in [-0.25, -0.2) is 4.39 Å². The normalized spacial score (nSPS) is 17.7. The van der Waals surface area contributed by atoms with Gasteiger partial charge < -0.3 is 4.90 Å². The van der Waals surface area contributed by atoms with Crippen LogP contribution in [0.1, 0.15) is 48.7 Å². The van der Waals surface area contributed by atoms with Gasteiger partial charge in [0.05, 0.1) is 11.7 Å². The van der Waals surface area contributed by atoms with E-state index in [-0.39, 0.29) is 23.5 Å². The van der Waals surface area contributed by atoms with Crippen molar-refractivity contribution in [1.82, 2.24) is 0 Å². The summed E-state index contributed by atoms with van der Waals surface area (Å²) in [7, 11) is 0. The Hall–Kier alpha value is -3.47. The minimum atomic E-state index is -0.455. The number of hydrogen-bond donors (Lipinski definition) is 0. The highest BCUT2D eigenvalue weighted by molar-refractivity contribution is 6.07. The minimum absolute atomic E-state index is 0.0326. The zero-order chi connectivity index (χ0) is 22.0. The molecule has 0 saturated carbocycles. The van der Waals surface area contributed by atoms with Crippen LogP contribution in [-0.4, -0.2) is 17.9 Å². The monoisotopic (exact) mass is 416 g/mol.